The molecule has 7 amide bonds. The second-order valence-corrected chi connectivity index (χ2v) is 16.9. The van der Waals surface area contributed by atoms with E-state index in [-0.39, 0.29) is 62.9 Å². The maximum absolute atomic E-state index is 13.7. The fraction of sp³-hybridized carbons (Fsp3) is 0.367. The molecule has 0 saturated heterocycles. The molecule has 0 fully saturated rings. The second kappa shape index (κ2) is 29.1. The summed E-state index contributed by atoms with van der Waals surface area (Å²) in [6.07, 6.45) is -3.43. The Kier molecular flexibility index (Phi) is 22.8. The van der Waals surface area contributed by atoms with Crippen LogP contribution in [0.3, 0.4) is 0 Å². The van der Waals surface area contributed by atoms with Gasteiger partial charge in [-0.2, -0.15) is 0 Å². The average molecular weight is 1030 g/mol. The summed E-state index contributed by atoms with van der Waals surface area (Å²) in [7, 11) is 0. The summed E-state index contributed by atoms with van der Waals surface area (Å²) in [6.45, 7) is -0.131. The molecular formula is C49H57FN8O16. The van der Waals surface area contributed by atoms with Crippen molar-refractivity contribution in [3.8, 4) is 0 Å². The van der Waals surface area contributed by atoms with Gasteiger partial charge in [-0.25, -0.2) is 23.8 Å². The maximum atomic E-state index is 13.7. The number of unbranched alkanes of at least 4 members (excludes halogenated alkanes) is 1. The number of nitrogens with one attached hydrogen (secondary N) is 7. The number of aliphatic hydroxyl groups excluding tert-OH is 1. The third kappa shape index (κ3) is 19.9. The van der Waals surface area contributed by atoms with Crippen LogP contribution in [0.2, 0.25) is 0 Å². The number of carbonyl (C=O) groups excluding carboxylic acids is 6. The van der Waals surface area contributed by atoms with E-state index in [4.69, 9.17) is 5.11 Å². The van der Waals surface area contributed by atoms with Gasteiger partial charge in [0.05, 0.1) is 6.20 Å². The number of rotatable bonds is 30. The zero-order valence-corrected chi connectivity index (χ0v) is 39.6. The average Bonchev–Trinajstić information content (AvgIpc) is 3.35. The van der Waals surface area contributed by atoms with Crippen molar-refractivity contribution in [3.63, 3.8) is 0 Å². The molecule has 0 aliphatic rings. The molecule has 1 unspecified atom stereocenters. The number of aliphatic hydroxyl groups is 2. The molecule has 24 nitrogen and oxygen atoms in total. The van der Waals surface area contributed by atoms with Crippen molar-refractivity contribution in [1.82, 2.24) is 42.2 Å². The second-order valence-electron chi connectivity index (χ2n) is 16.9. The lowest BCUT2D eigenvalue weighted by molar-refractivity contribution is -0.141. The van der Waals surface area contributed by atoms with Crippen LogP contribution in [0.15, 0.2) is 85.1 Å². The predicted octanol–water partition coefficient (Wildman–Crippen LogP) is 0.927. The van der Waals surface area contributed by atoms with Crippen molar-refractivity contribution in [2.45, 2.75) is 107 Å². The lowest BCUT2D eigenvalue weighted by Gasteiger charge is -2.23. The molecule has 0 spiro atoms. The minimum Gasteiger partial charge on any atom is -0.481 e. The van der Waals surface area contributed by atoms with Crippen molar-refractivity contribution in [2.75, 3.05) is 6.54 Å². The van der Waals surface area contributed by atoms with E-state index in [0.717, 1.165) is 29.1 Å². The van der Waals surface area contributed by atoms with Crippen LogP contribution < -0.4 is 37.2 Å². The minimum absolute atomic E-state index is 0.0281. The predicted molar refractivity (Wildman–Crippen MR) is 257 cm³/mol. The number of urea groups is 1. The van der Waals surface area contributed by atoms with E-state index in [2.05, 4.69) is 42.2 Å². The number of pyridine rings is 1. The fourth-order valence-electron chi connectivity index (χ4n) is 7.22. The van der Waals surface area contributed by atoms with Crippen LogP contribution >= 0.6 is 0 Å². The van der Waals surface area contributed by atoms with Gasteiger partial charge in [-0.05, 0) is 84.7 Å². The summed E-state index contributed by atoms with van der Waals surface area (Å²) in [5.74, 6) is -10.2. The monoisotopic (exact) mass is 1030 g/mol. The zero-order chi connectivity index (χ0) is 54.3. The topological polar surface area (TPSA) is 389 Å². The van der Waals surface area contributed by atoms with Crippen LogP contribution in [0.25, 0.3) is 10.8 Å². The molecule has 0 bridgehead atoms. The molecule has 396 valence electrons. The Labute approximate surface area is 421 Å². The molecule has 0 aliphatic heterocycles. The van der Waals surface area contributed by atoms with Crippen LogP contribution in [0, 0.1) is 5.82 Å². The first-order chi connectivity index (χ1) is 35.2. The van der Waals surface area contributed by atoms with Crippen LogP contribution in [0.5, 0.6) is 0 Å². The number of halogens is 1. The summed E-state index contributed by atoms with van der Waals surface area (Å²) in [6, 6.07) is 12.7. The normalized spacial score (nSPS) is 13.0. The van der Waals surface area contributed by atoms with Gasteiger partial charge in [0.15, 0.2) is 6.29 Å². The highest BCUT2D eigenvalue weighted by Crippen LogP contribution is 2.18. The summed E-state index contributed by atoms with van der Waals surface area (Å²) >= 11 is 0. The third-order valence-corrected chi connectivity index (χ3v) is 11.2. The van der Waals surface area contributed by atoms with Gasteiger partial charge in [0.2, 0.25) is 17.7 Å². The lowest BCUT2D eigenvalue weighted by atomic mass is 10.0. The number of benzene rings is 3. The first kappa shape index (κ1) is 58.0. The highest BCUT2D eigenvalue weighted by molar-refractivity contribution is 5.98. The third-order valence-electron chi connectivity index (χ3n) is 11.2. The highest BCUT2D eigenvalue weighted by Gasteiger charge is 2.29. The van der Waals surface area contributed by atoms with Crippen molar-refractivity contribution in [2.24, 2.45) is 0 Å². The van der Waals surface area contributed by atoms with Crippen molar-refractivity contribution in [1.29, 1.82) is 0 Å². The van der Waals surface area contributed by atoms with E-state index < -0.39 is 127 Å². The fourth-order valence-corrected chi connectivity index (χ4v) is 7.22. The molecule has 0 radical (unpaired) electrons. The van der Waals surface area contributed by atoms with Gasteiger partial charge in [-0.1, -0.05) is 54.6 Å². The largest absolute Gasteiger partial charge is 0.481 e. The number of carbonyl (C=O) groups is 10. The number of nitrogens with zero attached hydrogens (tertiary/aromatic N) is 1. The zero-order valence-electron chi connectivity index (χ0n) is 39.6. The van der Waals surface area contributed by atoms with Crippen molar-refractivity contribution < 1.29 is 83.0 Å². The molecule has 1 aromatic heterocycles. The van der Waals surface area contributed by atoms with Gasteiger partial charge in [-0.3, -0.25) is 33.6 Å². The number of hydrogen-bond donors (Lipinski definition) is 13. The highest BCUT2D eigenvalue weighted by atomic mass is 19.1. The Balaban J connectivity index is 1.38. The van der Waals surface area contributed by atoms with Crippen LogP contribution in [-0.4, -0.2) is 138 Å². The first-order valence-corrected chi connectivity index (χ1v) is 23.2. The van der Waals surface area contributed by atoms with E-state index in [1.807, 2.05) is 42.5 Å². The number of aliphatic carboxylic acids is 4. The number of aromatic nitrogens is 1. The quantitative estimate of drug-likeness (QED) is 0.0255. The van der Waals surface area contributed by atoms with Crippen molar-refractivity contribution >= 4 is 70.2 Å². The molecule has 4 aromatic rings. The van der Waals surface area contributed by atoms with E-state index in [1.54, 1.807) is 0 Å². The molecule has 74 heavy (non-hydrogen) atoms. The van der Waals surface area contributed by atoms with E-state index in [1.165, 1.54) is 24.3 Å². The minimum atomic E-state index is -1.87. The van der Waals surface area contributed by atoms with Crippen LogP contribution in [-0.2, 0) is 46.5 Å². The molecule has 4 rings (SSSR count). The number of hydrogen-bond acceptors (Lipinski definition) is 13. The van der Waals surface area contributed by atoms with Crippen LogP contribution in [0.4, 0.5) is 9.18 Å². The number of fused-ring (bicyclic) bond motifs is 1. The Hall–Kier alpha value is -8.58. The standard InChI is InChI=1S/C49H57FN8O16/c50-32-14-15-33(52-26-32)45(68)55-35(17-20-40(61)62)46(69)54-34(16-19-39(59)60)43(66)53-25-27-8-12-30(13-9-27)42(65)56-38(24-28-10-11-29-5-1-2-6-31(29)23-28)44(67)51-22-4-3-7-36(47(70)71)57-49(74)58-37(48(72)73)18-21-41(63)64/h1-2,5-6,8-15,23,26,34-39,59-60H,3-4,7,16-22,24-25H2,(H,51,67)(H,53,66)(H,54,69)(H,55,68)(H,56,65)(H,61,62)(H,63,64)(H,70,71)(H,72,73)(H2,57,58,74)/t34-,35-,36-,37-,38?/m0/s1. The number of carboxylic acid groups (broad SMARTS) is 4. The van der Waals surface area contributed by atoms with Crippen LogP contribution in [0.1, 0.15) is 89.8 Å². The molecule has 0 saturated carbocycles. The van der Waals surface area contributed by atoms with Gasteiger partial charge in [0.1, 0.15) is 41.7 Å². The van der Waals surface area contributed by atoms with Crippen molar-refractivity contribution in [3.05, 3.63) is 113 Å². The Morgan fingerprint density at radius 3 is 1.72 bits per heavy atom. The molecule has 0 aliphatic carbocycles. The molecule has 1 heterocycles. The van der Waals surface area contributed by atoms with Gasteiger partial charge in [-0.15, -0.1) is 0 Å². The van der Waals surface area contributed by atoms with Gasteiger partial charge < -0.3 is 67.9 Å². The molecule has 25 heteroatoms. The molecule has 3 aromatic carbocycles. The SMILES string of the molecule is O=C(O)CC[C@H](NC(=O)N[C@@H](CCCCNC(=O)C(Cc1ccc2ccccc2c1)NC(=O)c1ccc(CNC(=O)[C@H](CCC(O)O)NC(=O)[C@H](CCC(=O)O)NC(=O)c2ccc(F)cn2)cc1)C(=O)O)C(=O)O. The summed E-state index contributed by atoms with van der Waals surface area (Å²) < 4.78 is 13.4. The van der Waals surface area contributed by atoms with Gasteiger partial charge in [0, 0.05) is 44.3 Å². The summed E-state index contributed by atoms with van der Waals surface area (Å²) in [5, 5.41) is 75.0. The first-order valence-electron chi connectivity index (χ1n) is 23.2. The Morgan fingerprint density at radius 2 is 1.11 bits per heavy atom. The number of amides is 7. The number of carboxylic acids is 4. The smallest absolute Gasteiger partial charge is 0.326 e. The Bertz CT molecular complexity index is 2640. The summed E-state index contributed by atoms with van der Waals surface area (Å²) in [5.41, 5.74) is 1.02. The van der Waals surface area contributed by atoms with E-state index in [0.29, 0.717) is 11.1 Å². The lowest BCUT2D eigenvalue weighted by Crippen LogP contribution is -2.54. The maximum Gasteiger partial charge on any atom is 0.326 e. The van der Waals surface area contributed by atoms with E-state index in [9.17, 15) is 77.9 Å². The summed E-state index contributed by atoms with van der Waals surface area (Å²) in [4.78, 5) is 128. The van der Waals surface area contributed by atoms with E-state index >= 15 is 0 Å². The Morgan fingerprint density at radius 1 is 0.527 bits per heavy atom. The van der Waals surface area contributed by atoms with Gasteiger partial charge in [0.25, 0.3) is 11.8 Å². The molecule has 5 atom stereocenters. The molecule has 13 N–H and O–H groups in total. The van der Waals surface area contributed by atoms with Gasteiger partial charge >= 0.3 is 29.9 Å². The molecular weight excluding hydrogens is 976 g/mol.